The van der Waals surface area contributed by atoms with Crippen molar-refractivity contribution in [2.45, 2.75) is 19.4 Å². The van der Waals surface area contributed by atoms with Crippen molar-refractivity contribution in [3.8, 4) is 17.2 Å². The minimum atomic E-state index is -0.483. The van der Waals surface area contributed by atoms with Crippen molar-refractivity contribution in [2.24, 2.45) is 5.73 Å². The Labute approximate surface area is 194 Å². The average molecular weight is 775 g/mol. The van der Waals surface area contributed by atoms with Crippen LogP contribution in [0.3, 0.4) is 0 Å². The van der Waals surface area contributed by atoms with Gasteiger partial charge < -0.3 is 15.6 Å². The molecule has 8 heteroatoms. The summed E-state index contributed by atoms with van der Waals surface area (Å²) in [4.78, 5) is 11.3. The maximum atomic E-state index is 11.3. The molecule has 0 aliphatic heterocycles. The molecule has 2 aromatic carbocycles. The van der Waals surface area contributed by atoms with Crippen LogP contribution in [0.15, 0.2) is 24.3 Å². The van der Waals surface area contributed by atoms with Gasteiger partial charge in [0.25, 0.3) is 0 Å². The highest BCUT2D eigenvalue weighted by molar-refractivity contribution is 14.1. The summed E-state index contributed by atoms with van der Waals surface area (Å²) in [5.41, 5.74) is 6.85. The van der Waals surface area contributed by atoms with Gasteiger partial charge >= 0.3 is 0 Å². The van der Waals surface area contributed by atoms with Crippen molar-refractivity contribution in [3.63, 3.8) is 0 Å². The highest BCUT2D eigenvalue weighted by atomic mass is 127. The third-order valence-corrected chi connectivity index (χ3v) is 6.49. The number of hydrogen-bond acceptors (Lipinski definition) is 4. The van der Waals surface area contributed by atoms with Crippen molar-refractivity contribution >= 4 is 96.1 Å². The van der Waals surface area contributed by atoms with Crippen LogP contribution in [0.1, 0.15) is 12.5 Å². The molecular formula is C16H13I4NO3. The van der Waals surface area contributed by atoms with Gasteiger partial charge in [-0.05, 0) is 134 Å². The van der Waals surface area contributed by atoms with Crippen molar-refractivity contribution in [3.05, 3.63) is 44.1 Å². The molecule has 0 aliphatic carbocycles. The van der Waals surface area contributed by atoms with Gasteiger partial charge in [-0.1, -0.05) is 0 Å². The molecule has 0 saturated heterocycles. The molecule has 24 heavy (non-hydrogen) atoms. The summed E-state index contributed by atoms with van der Waals surface area (Å²) in [6.45, 7) is 1.51. The van der Waals surface area contributed by atoms with Gasteiger partial charge in [-0.3, -0.25) is 4.79 Å². The van der Waals surface area contributed by atoms with Gasteiger partial charge in [0.15, 0.2) is 5.75 Å². The zero-order valence-corrected chi connectivity index (χ0v) is 21.1. The van der Waals surface area contributed by atoms with E-state index in [0.29, 0.717) is 12.2 Å². The first-order chi connectivity index (χ1) is 11.2. The number of hydrogen-bond donors (Lipinski definition) is 2. The van der Waals surface area contributed by atoms with Crippen LogP contribution in [0.5, 0.6) is 17.2 Å². The van der Waals surface area contributed by atoms with Crippen LogP contribution in [0, 0.1) is 14.3 Å². The minimum absolute atomic E-state index is 0.0198. The molecule has 0 spiro atoms. The molecule has 128 valence electrons. The number of rotatable bonds is 5. The van der Waals surface area contributed by atoms with Crippen LogP contribution in [0.2, 0.25) is 0 Å². The van der Waals surface area contributed by atoms with E-state index < -0.39 is 6.04 Å². The first-order valence-corrected chi connectivity index (χ1v) is 11.1. The predicted molar refractivity (Wildman–Crippen MR) is 128 cm³/mol. The van der Waals surface area contributed by atoms with E-state index >= 15 is 0 Å². The lowest BCUT2D eigenvalue weighted by atomic mass is 10.0. The molecule has 0 radical (unpaired) electrons. The van der Waals surface area contributed by atoms with Gasteiger partial charge in [-0.15, -0.1) is 0 Å². The Morgan fingerprint density at radius 2 is 1.58 bits per heavy atom. The van der Waals surface area contributed by atoms with Gasteiger partial charge in [0.05, 0.1) is 20.3 Å². The molecule has 3 N–H and O–H groups in total. The molecule has 4 nitrogen and oxygen atoms in total. The third kappa shape index (κ3) is 5.30. The molecule has 0 saturated carbocycles. The molecule has 1 atom stereocenters. The summed E-state index contributed by atoms with van der Waals surface area (Å²) in [5.74, 6) is 1.68. The lowest BCUT2D eigenvalue weighted by molar-refractivity contribution is -0.118. The largest absolute Gasteiger partial charge is 0.506 e. The first kappa shape index (κ1) is 20.9. The van der Waals surface area contributed by atoms with E-state index in [2.05, 4.69) is 90.4 Å². The molecule has 0 amide bonds. The number of phenols is 1. The van der Waals surface area contributed by atoms with E-state index in [1.807, 2.05) is 12.1 Å². The molecular weight excluding hydrogens is 762 g/mol. The minimum Gasteiger partial charge on any atom is -0.506 e. The smallest absolute Gasteiger partial charge is 0.154 e. The average Bonchev–Trinajstić information content (AvgIpc) is 2.48. The summed E-state index contributed by atoms with van der Waals surface area (Å²) in [7, 11) is 0. The van der Waals surface area contributed by atoms with Gasteiger partial charge in [0, 0.05) is 0 Å². The number of carbonyl (C=O) groups excluding carboxylic acids is 1. The van der Waals surface area contributed by atoms with Crippen molar-refractivity contribution in [1.82, 2.24) is 0 Å². The number of benzene rings is 2. The van der Waals surface area contributed by atoms with Gasteiger partial charge in [0.2, 0.25) is 0 Å². The van der Waals surface area contributed by atoms with E-state index in [1.54, 1.807) is 12.1 Å². The van der Waals surface area contributed by atoms with E-state index in [1.165, 1.54) is 6.92 Å². The van der Waals surface area contributed by atoms with Crippen LogP contribution >= 0.6 is 90.4 Å². The molecule has 2 aromatic rings. The SMILES string of the molecule is CC(=O)C(N)Cc1cc(I)c(Oc2cc(I)c(O)c(I)c2)c(I)c1. The lowest BCUT2D eigenvalue weighted by Crippen LogP contribution is -2.30. The molecule has 1 unspecified atom stereocenters. The molecule has 0 fully saturated rings. The Bertz CT molecular complexity index is 749. The predicted octanol–water partition coefficient (Wildman–Crippen LogP) is 5.06. The zero-order valence-electron chi connectivity index (χ0n) is 12.4. The fraction of sp³-hybridized carbons (Fsp3) is 0.188. The highest BCUT2D eigenvalue weighted by Crippen LogP contribution is 2.36. The van der Waals surface area contributed by atoms with Crippen molar-refractivity contribution in [2.75, 3.05) is 0 Å². The molecule has 0 aromatic heterocycles. The fourth-order valence-electron chi connectivity index (χ4n) is 1.94. The number of ether oxygens (including phenoxy) is 1. The Kier molecular flexibility index (Phi) is 7.83. The van der Waals surface area contributed by atoms with Crippen LogP contribution in [0.4, 0.5) is 0 Å². The standard InChI is InChI=1S/C16H13I4NO3/c1-7(22)14(21)4-8-2-12(19)16(13(20)3-8)24-9-5-10(17)15(23)11(18)6-9/h2-3,5-6,14,23H,4,21H2,1H3. The topological polar surface area (TPSA) is 72.6 Å². The number of Topliss-reactive ketones (excluding diaryl/α,β-unsaturated/α-hetero) is 1. The molecule has 0 heterocycles. The number of phenolic OH excluding ortho intramolecular Hbond substituents is 1. The van der Waals surface area contributed by atoms with Gasteiger partial charge in [0.1, 0.15) is 17.3 Å². The molecule has 0 bridgehead atoms. The summed E-state index contributed by atoms with van der Waals surface area (Å²) < 4.78 is 9.40. The van der Waals surface area contributed by atoms with Crippen LogP contribution < -0.4 is 10.5 Å². The van der Waals surface area contributed by atoms with Crippen molar-refractivity contribution < 1.29 is 14.6 Å². The Hall–Kier alpha value is 0.590. The Morgan fingerprint density at radius 1 is 1.08 bits per heavy atom. The van der Waals surface area contributed by atoms with Crippen LogP contribution in [-0.2, 0) is 11.2 Å². The van der Waals surface area contributed by atoms with Gasteiger partial charge in [-0.2, -0.15) is 0 Å². The van der Waals surface area contributed by atoms with E-state index in [9.17, 15) is 9.90 Å². The van der Waals surface area contributed by atoms with E-state index in [-0.39, 0.29) is 11.5 Å². The quantitative estimate of drug-likeness (QED) is 0.417. The van der Waals surface area contributed by atoms with Crippen molar-refractivity contribution in [1.29, 1.82) is 0 Å². The van der Waals surface area contributed by atoms with Crippen LogP contribution in [-0.4, -0.2) is 16.9 Å². The normalized spacial score (nSPS) is 12.1. The Balaban J connectivity index is 2.30. The Morgan fingerprint density at radius 3 is 2.04 bits per heavy atom. The summed E-state index contributed by atoms with van der Waals surface area (Å²) in [6, 6.07) is 7.07. The summed E-state index contributed by atoms with van der Waals surface area (Å²) >= 11 is 8.59. The molecule has 0 aliphatic rings. The number of aromatic hydroxyl groups is 1. The maximum Gasteiger partial charge on any atom is 0.154 e. The van der Waals surface area contributed by atoms with Crippen LogP contribution in [0.25, 0.3) is 0 Å². The second kappa shape index (κ2) is 8.99. The monoisotopic (exact) mass is 775 g/mol. The van der Waals surface area contributed by atoms with Gasteiger partial charge in [-0.25, -0.2) is 0 Å². The summed E-state index contributed by atoms with van der Waals surface area (Å²) in [6.07, 6.45) is 0.511. The first-order valence-electron chi connectivity index (χ1n) is 6.79. The number of ketones is 1. The second-order valence-electron chi connectivity index (χ2n) is 5.15. The number of halogens is 4. The summed E-state index contributed by atoms with van der Waals surface area (Å²) in [5, 5.41) is 9.86. The second-order valence-corrected chi connectivity index (χ2v) is 9.80. The fourth-order valence-corrected chi connectivity index (χ4v) is 5.77. The highest BCUT2D eigenvalue weighted by Gasteiger charge is 2.15. The van der Waals surface area contributed by atoms with E-state index in [0.717, 1.165) is 25.6 Å². The molecule has 2 rings (SSSR count). The number of nitrogens with two attached hydrogens (primary N) is 1. The maximum absolute atomic E-state index is 11.3. The lowest BCUT2D eigenvalue weighted by Gasteiger charge is -2.14. The zero-order chi connectivity index (χ0) is 18.0. The third-order valence-electron chi connectivity index (χ3n) is 3.25. The van der Waals surface area contributed by atoms with E-state index in [4.69, 9.17) is 10.5 Å². The number of carbonyl (C=O) groups is 1.